The lowest BCUT2D eigenvalue weighted by atomic mass is 9.99. The molecule has 4 amide bonds. The average Bonchev–Trinajstić information content (AvgIpc) is 1.75. The first-order chi connectivity index (χ1) is 42.7. The Morgan fingerprint density at radius 3 is 0.978 bits per heavy atom. The topological polar surface area (TPSA) is 248 Å². The van der Waals surface area contributed by atoms with E-state index >= 15 is 9.59 Å². The van der Waals surface area contributed by atoms with Crippen LogP contribution in [-0.4, -0.2) is 173 Å². The monoisotopic (exact) mass is 1270 g/mol. The molecule has 8 atom stereocenters. The van der Waals surface area contributed by atoms with Crippen LogP contribution in [-0.2, 0) is 83.2 Å². The summed E-state index contributed by atoms with van der Waals surface area (Å²) in [6.07, 6.45) is 0.686. The van der Waals surface area contributed by atoms with Crippen molar-refractivity contribution in [2.45, 2.75) is 169 Å². The summed E-state index contributed by atoms with van der Waals surface area (Å²) >= 11 is 2.98. The van der Waals surface area contributed by atoms with Crippen LogP contribution in [0.4, 0.5) is 0 Å². The van der Waals surface area contributed by atoms with Crippen LogP contribution >= 0.6 is 22.7 Å². The second-order valence-corrected chi connectivity index (χ2v) is 26.6. The maximum atomic E-state index is 15.2. The summed E-state index contributed by atoms with van der Waals surface area (Å²) in [7, 11) is 5.57. The lowest BCUT2D eigenvalue weighted by molar-refractivity contribution is -0.176. The molecule has 1 unspecified atom stereocenters. The molecule has 0 radical (unpaired) electrons. The van der Waals surface area contributed by atoms with Gasteiger partial charge in [-0.05, 0) is 97.6 Å². The van der Waals surface area contributed by atoms with Gasteiger partial charge in [0.15, 0.2) is 24.4 Å². The van der Waals surface area contributed by atoms with Gasteiger partial charge in [0.2, 0.25) is 0 Å². The van der Waals surface area contributed by atoms with Gasteiger partial charge in [-0.15, -0.1) is 22.7 Å². The highest BCUT2D eigenvalue weighted by molar-refractivity contribution is 7.13. The number of hydrogen-bond acceptors (Lipinski definition) is 18. The Kier molecular flexibility index (Phi) is 24.3. The molecular weight excluding hydrogens is 1190 g/mol. The number of likely N-dealkylation sites (N-methyl/N-ethyl adjacent to an activating group) is 4. The van der Waals surface area contributed by atoms with Gasteiger partial charge >= 0.3 is 23.9 Å². The van der Waals surface area contributed by atoms with Crippen molar-refractivity contribution in [2.24, 2.45) is 23.7 Å². The lowest BCUT2D eigenvalue weighted by Gasteiger charge is -2.35. The molecule has 484 valence electrons. The van der Waals surface area contributed by atoms with Crippen molar-refractivity contribution in [2.75, 3.05) is 28.2 Å². The third-order valence-electron chi connectivity index (χ3n) is 15.8. The van der Waals surface area contributed by atoms with E-state index in [2.05, 4.69) is 20.2 Å². The number of cyclic esters (lactones) is 4. The van der Waals surface area contributed by atoms with E-state index in [0.717, 1.165) is 52.1 Å². The maximum absolute atomic E-state index is 15.2. The van der Waals surface area contributed by atoms with E-state index in [9.17, 15) is 28.8 Å². The molecule has 0 saturated carbocycles. The van der Waals surface area contributed by atoms with Gasteiger partial charge in [-0.2, -0.15) is 10.2 Å². The van der Waals surface area contributed by atoms with Crippen LogP contribution in [0.15, 0.2) is 96.2 Å². The first kappa shape index (κ1) is 69.4. The van der Waals surface area contributed by atoms with Gasteiger partial charge in [0.05, 0.1) is 24.5 Å². The highest BCUT2D eigenvalue weighted by atomic mass is 32.1. The highest BCUT2D eigenvalue weighted by Crippen LogP contribution is 2.28. The number of esters is 4. The van der Waals surface area contributed by atoms with E-state index in [4.69, 9.17) is 18.9 Å². The molecule has 5 heterocycles. The summed E-state index contributed by atoms with van der Waals surface area (Å²) in [5.74, 6) is -7.58. The molecule has 0 bridgehead atoms. The fourth-order valence-electron chi connectivity index (χ4n) is 10.8. The minimum absolute atomic E-state index is 0.0684. The van der Waals surface area contributed by atoms with Gasteiger partial charge in [-0.25, -0.2) is 29.1 Å². The highest BCUT2D eigenvalue weighted by Gasteiger charge is 2.43. The first-order valence-corrected chi connectivity index (χ1v) is 32.3. The van der Waals surface area contributed by atoms with E-state index in [1.165, 1.54) is 64.7 Å². The Morgan fingerprint density at radius 2 is 0.689 bits per heavy atom. The van der Waals surface area contributed by atoms with E-state index in [-0.39, 0.29) is 62.2 Å². The van der Waals surface area contributed by atoms with Crippen molar-refractivity contribution < 1.29 is 57.3 Å². The molecule has 1 fully saturated rings. The molecule has 24 heteroatoms. The van der Waals surface area contributed by atoms with Gasteiger partial charge < -0.3 is 38.5 Å². The van der Waals surface area contributed by atoms with Crippen LogP contribution < -0.4 is 0 Å². The van der Waals surface area contributed by atoms with Crippen LogP contribution in [0.2, 0.25) is 0 Å². The summed E-state index contributed by atoms with van der Waals surface area (Å²) in [4.78, 5) is 132. The number of thiazole rings is 2. The summed E-state index contributed by atoms with van der Waals surface area (Å²) in [5.41, 5.74) is 4.64. The molecule has 0 aliphatic carbocycles. The van der Waals surface area contributed by atoms with Crippen molar-refractivity contribution >= 4 is 70.2 Å². The number of carbonyl (C=O) groups excluding carboxylic acids is 8. The third kappa shape index (κ3) is 18.1. The standard InChI is InChI=1S/C66H86N10O12S2/c1-39(2)31-51-63(81)85-43(9)59(77)71(11)54(34-42(7)8)66(84)88-56(36-46-17-21-48(22-18-46)38-76-50(24-26-70-76)58-68-28-30-90-58)62(80)74(14)52(32-40(3)4)64(82)86-44(10)60(78)72(12)53(33-41(5)6)65(83)87-55(61(79)73(51)13)35-45-15-19-47(20-16-45)37-75-49(23-25-69-75)57-67-27-29-89-57/h15-30,39-44,51-56H,31-38H2,1-14H3/t43-,44-,51+,52?,53+,54+,55-,56-/m1/s1. The number of amides is 4. The number of ether oxygens (including phenoxy) is 4. The second-order valence-electron chi connectivity index (χ2n) is 24.9. The fraction of sp³-hybridized carbons (Fsp3) is 0.515. The van der Waals surface area contributed by atoms with Gasteiger partial charge in [-0.1, -0.05) is 104 Å². The normalized spacial score (nSPS) is 22.0. The van der Waals surface area contributed by atoms with Crippen molar-refractivity contribution in [1.82, 2.24) is 49.1 Å². The van der Waals surface area contributed by atoms with Crippen LogP contribution in [0.1, 0.15) is 117 Å². The minimum Gasteiger partial charge on any atom is -0.451 e. The average molecular weight is 1280 g/mol. The molecular formula is C66H86N10O12S2. The van der Waals surface area contributed by atoms with E-state index in [1.807, 2.05) is 112 Å². The molecule has 6 aromatic rings. The number of nitrogens with zero attached hydrogens (tertiary/aromatic N) is 10. The van der Waals surface area contributed by atoms with Gasteiger partial charge in [0.1, 0.15) is 34.2 Å². The van der Waals surface area contributed by atoms with E-state index < -0.39 is 96.1 Å². The van der Waals surface area contributed by atoms with Gasteiger partial charge in [0, 0.05) is 76.6 Å². The molecule has 4 aromatic heterocycles. The number of hydrogen-bond donors (Lipinski definition) is 0. The van der Waals surface area contributed by atoms with Crippen molar-refractivity contribution in [3.8, 4) is 21.4 Å². The van der Waals surface area contributed by atoms with Crippen LogP contribution in [0, 0.1) is 23.7 Å². The molecule has 1 aliphatic rings. The van der Waals surface area contributed by atoms with E-state index in [1.54, 1.807) is 49.1 Å². The summed E-state index contributed by atoms with van der Waals surface area (Å²) in [6.45, 7) is 18.4. The van der Waals surface area contributed by atoms with Crippen LogP contribution in [0.5, 0.6) is 0 Å². The zero-order valence-corrected chi connectivity index (χ0v) is 55.6. The quantitative estimate of drug-likeness (QED) is 0.0579. The summed E-state index contributed by atoms with van der Waals surface area (Å²) < 4.78 is 28.1. The number of benzene rings is 2. The fourth-order valence-corrected chi connectivity index (χ4v) is 12.1. The van der Waals surface area contributed by atoms with Crippen molar-refractivity contribution in [3.05, 3.63) is 118 Å². The molecule has 7 rings (SSSR count). The SMILES string of the molecule is CC(C)CC1C(=O)O[C@H](C)C(=O)N(C)[C@@H](CC(C)C)C(=O)O[C@H](Cc2ccc(Cn3nccc3-c3nccs3)cc2)C(=O)N(C)[C@@H](CC(C)C)C(=O)O[C@H](C)C(=O)N(C)[C@@H](CC(C)C)C(=O)O[C@H](Cc2ccc(Cn3nccc3-c3nccs3)cc2)C(=O)N1C. The molecule has 90 heavy (non-hydrogen) atoms. The smallest absolute Gasteiger partial charge is 0.329 e. The zero-order chi connectivity index (χ0) is 65.7. The van der Waals surface area contributed by atoms with Crippen molar-refractivity contribution in [1.29, 1.82) is 0 Å². The maximum Gasteiger partial charge on any atom is 0.329 e. The molecule has 22 nitrogen and oxygen atoms in total. The first-order valence-electron chi connectivity index (χ1n) is 30.6. The molecule has 1 aliphatic heterocycles. The predicted molar refractivity (Wildman–Crippen MR) is 340 cm³/mol. The van der Waals surface area contributed by atoms with Gasteiger partial charge in [-0.3, -0.25) is 28.5 Å². The number of aromatic nitrogens is 6. The predicted octanol–water partition coefficient (Wildman–Crippen LogP) is 8.40. The molecule has 0 N–H and O–H groups in total. The Bertz CT molecular complexity index is 3140. The van der Waals surface area contributed by atoms with E-state index in [0.29, 0.717) is 24.2 Å². The largest absolute Gasteiger partial charge is 0.451 e. The molecule has 2 aromatic carbocycles. The third-order valence-corrected chi connectivity index (χ3v) is 17.4. The molecule has 0 spiro atoms. The van der Waals surface area contributed by atoms with Crippen LogP contribution in [0.3, 0.4) is 0 Å². The molecule has 1 saturated heterocycles. The minimum atomic E-state index is -1.56. The zero-order valence-electron chi connectivity index (χ0n) is 54.0. The van der Waals surface area contributed by atoms with Crippen molar-refractivity contribution in [3.63, 3.8) is 0 Å². The number of carbonyl (C=O) groups is 8. The summed E-state index contributed by atoms with van der Waals surface area (Å²) in [5, 5.41) is 14.4. The Morgan fingerprint density at radius 1 is 0.400 bits per heavy atom. The number of rotatable bonds is 18. The van der Waals surface area contributed by atoms with Gasteiger partial charge in [0.25, 0.3) is 23.6 Å². The van der Waals surface area contributed by atoms with Crippen LogP contribution in [0.25, 0.3) is 21.4 Å². The lowest BCUT2D eigenvalue weighted by Crippen LogP contribution is -2.55. The second kappa shape index (κ2) is 31.6. The Labute approximate surface area is 535 Å². The summed E-state index contributed by atoms with van der Waals surface area (Å²) in [6, 6.07) is 13.3. The Hall–Kier alpha value is -8.12. The Balaban J connectivity index is 1.24.